The molecule has 10 nitrogen and oxygen atoms in total. The summed E-state index contributed by atoms with van der Waals surface area (Å²) in [6.45, 7) is 7.68. The summed E-state index contributed by atoms with van der Waals surface area (Å²) in [7, 11) is 0. The number of imidazole rings is 1. The summed E-state index contributed by atoms with van der Waals surface area (Å²) in [4.78, 5) is 24.5. The summed E-state index contributed by atoms with van der Waals surface area (Å²) in [5, 5.41) is 12.0. The van der Waals surface area contributed by atoms with Crippen molar-refractivity contribution in [3.63, 3.8) is 0 Å². The number of hydrogen-bond donors (Lipinski definition) is 2. The monoisotopic (exact) mass is 547 g/mol. The number of likely N-dealkylation sites (tertiary alicyclic amines) is 1. The van der Waals surface area contributed by atoms with E-state index in [-0.39, 0.29) is 12.5 Å². The van der Waals surface area contributed by atoms with Gasteiger partial charge in [0.25, 0.3) is 0 Å². The van der Waals surface area contributed by atoms with Crippen LogP contribution in [0.4, 0.5) is 10.8 Å². The van der Waals surface area contributed by atoms with Gasteiger partial charge in [0.1, 0.15) is 11.5 Å². The minimum Gasteiger partial charge on any atom is -0.352 e. The van der Waals surface area contributed by atoms with Crippen LogP contribution < -0.4 is 10.6 Å². The van der Waals surface area contributed by atoms with E-state index in [0.29, 0.717) is 11.9 Å². The lowest BCUT2D eigenvalue weighted by atomic mass is 9.95. The van der Waals surface area contributed by atoms with E-state index in [1.54, 1.807) is 10.9 Å². The number of amides is 1. The van der Waals surface area contributed by atoms with Crippen LogP contribution in [0.2, 0.25) is 0 Å². The maximum Gasteiger partial charge on any atom is 0.241 e. The molecule has 0 spiro atoms. The first-order valence-corrected chi connectivity index (χ1v) is 14.9. The second-order valence-corrected chi connectivity index (χ2v) is 12.0. The minimum absolute atomic E-state index is 0.0138. The number of nitrogens with zero attached hydrogens (tertiary/aromatic N) is 7. The zero-order valence-electron chi connectivity index (χ0n) is 22.8. The smallest absolute Gasteiger partial charge is 0.241 e. The molecule has 1 atom stereocenters. The van der Waals surface area contributed by atoms with Crippen molar-refractivity contribution in [1.82, 2.24) is 38.7 Å². The lowest BCUT2D eigenvalue weighted by Crippen LogP contribution is -2.38. The fraction of sp³-hybridized carbons (Fsp3) is 0.536. The molecule has 2 N–H and O–H groups in total. The molecule has 2 aliphatic rings. The van der Waals surface area contributed by atoms with Crippen LogP contribution in [0.1, 0.15) is 63.3 Å². The van der Waals surface area contributed by atoms with Crippen molar-refractivity contribution in [3.05, 3.63) is 42.2 Å². The zero-order chi connectivity index (χ0) is 26.8. The highest BCUT2D eigenvalue weighted by Gasteiger charge is 2.19. The maximum atomic E-state index is 12.6. The maximum absolute atomic E-state index is 12.6. The molecule has 39 heavy (non-hydrogen) atoms. The number of carbonyl (C=O) groups is 1. The quantitative estimate of drug-likeness (QED) is 0.327. The highest BCUT2D eigenvalue weighted by Crippen LogP contribution is 2.28. The molecule has 206 valence electrons. The first-order chi connectivity index (χ1) is 19.0. The van der Waals surface area contributed by atoms with Crippen LogP contribution in [0.15, 0.2) is 30.9 Å². The highest BCUT2D eigenvalue weighted by molar-refractivity contribution is 7.10. The molecule has 1 aliphatic carbocycles. The van der Waals surface area contributed by atoms with E-state index in [9.17, 15) is 4.79 Å². The fourth-order valence-corrected chi connectivity index (χ4v) is 6.53. The SMILES string of the molecule is Cc1cn2c(-c3cnn(CC(=O)NC4CCCCC4)c3)cnc2c(Nc2cc(CN3CCCC(C)C3)ns2)n1. The van der Waals surface area contributed by atoms with Gasteiger partial charge in [0, 0.05) is 37.1 Å². The van der Waals surface area contributed by atoms with Crippen LogP contribution in [0, 0.1) is 12.8 Å². The summed E-state index contributed by atoms with van der Waals surface area (Å²) in [6.07, 6.45) is 15.9. The molecule has 4 aromatic heterocycles. The van der Waals surface area contributed by atoms with Crippen molar-refractivity contribution >= 4 is 33.9 Å². The van der Waals surface area contributed by atoms with Gasteiger partial charge >= 0.3 is 0 Å². The second-order valence-electron chi connectivity index (χ2n) is 11.2. The molecule has 2 fully saturated rings. The van der Waals surface area contributed by atoms with Gasteiger partial charge in [-0.3, -0.25) is 18.8 Å². The van der Waals surface area contributed by atoms with Crippen LogP contribution >= 0.6 is 11.5 Å². The highest BCUT2D eigenvalue weighted by atomic mass is 32.1. The van der Waals surface area contributed by atoms with E-state index >= 15 is 0 Å². The van der Waals surface area contributed by atoms with E-state index in [1.165, 1.54) is 43.6 Å². The lowest BCUT2D eigenvalue weighted by Gasteiger charge is -2.30. The summed E-state index contributed by atoms with van der Waals surface area (Å²) >= 11 is 1.46. The Labute approximate surface area is 233 Å². The van der Waals surface area contributed by atoms with Crippen molar-refractivity contribution in [2.24, 2.45) is 5.92 Å². The predicted molar refractivity (Wildman–Crippen MR) is 153 cm³/mol. The number of hydrogen-bond acceptors (Lipinski definition) is 8. The molecule has 0 bridgehead atoms. The van der Waals surface area contributed by atoms with Gasteiger partial charge in [0.05, 0.1) is 29.5 Å². The Kier molecular flexibility index (Phi) is 7.60. The van der Waals surface area contributed by atoms with Crippen LogP contribution in [0.3, 0.4) is 0 Å². The molecule has 1 unspecified atom stereocenters. The molecule has 1 aliphatic heterocycles. The number of anilines is 2. The van der Waals surface area contributed by atoms with Gasteiger partial charge in [-0.05, 0) is 62.7 Å². The summed E-state index contributed by atoms with van der Waals surface area (Å²) < 4.78 is 8.42. The number of aryl methyl sites for hydroxylation is 1. The Bertz CT molecular complexity index is 1430. The van der Waals surface area contributed by atoms with Gasteiger partial charge in [-0.15, -0.1) is 0 Å². The molecule has 0 radical (unpaired) electrons. The number of carbonyl (C=O) groups excluding carboxylic acids is 1. The average molecular weight is 548 g/mol. The molecule has 6 rings (SSSR count). The topological polar surface area (TPSA) is 105 Å². The van der Waals surface area contributed by atoms with E-state index < -0.39 is 0 Å². The molecule has 11 heteroatoms. The van der Waals surface area contributed by atoms with Gasteiger partial charge in [-0.1, -0.05) is 26.2 Å². The lowest BCUT2D eigenvalue weighted by molar-refractivity contribution is -0.122. The Morgan fingerprint density at radius 3 is 2.85 bits per heavy atom. The Balaban J connectivity index is 1.15. The van der Waals surface area contributed by atoms with E-state index in [0.717, 1.165) is 71.7 Å². The number of fused-ring (bicyclic) bond motifs is 1. The van der Waals surface area contributed by atoms with Crippen molar-refractivity contribution < 1.29 is 4.79 Å². The number of rotatable bonds is 8. The molecular formula is C28H37N9OS. The van der Waals surface area contributed by atoms with Gasteiger partial charge < -0.3 is 10.6 Å². The van der Waals surface area contributed by atoms with Crippen molar-refractivity contribution in [1.29, 1.82) is 0 Å². The largest absolute Gasteiger partial charge is 0.352 e. The predicted octanol–water partition coefficient (Wildman–Crippen LogP) is 4.78. The third-order valence-corrected chi connectivity index (χ3v) is 8.49. The van der Waals surface area contributed by atoms with Crippen molar-refractivity contribution in [2.45, 2.75) is 77.9 Å². The van der Waals surface area contributed by atoms with Gasteiger partial charge in [-0.2, -0.15) is 9.47 Å². The Hall–Kier alpha value is -3.31. The third-order valence-electron chi connectivity index (χ3n) is 7.74. The second kappa shape index (κ2) is 11.4. The summed E-state index contributed by atoms with van der Waals surface area (Å²) in [5.41, 5.74) is 4.50. The van der Waals surface area contributed by atoms with E-state index in [1.807, 2.05) is 29.9 Å². The first kappa shape index (κ1) is 25.9. The van der Waals surface area contributed by atoms with Gasteiger partial charge in [-0.25, -0.2) is 9.97 Å². The van der Waals surface area contributed by atoms with E-state index in [2.05, 4.69) is 43.0 Å². The molecule has 0 aromatic carbocycles. The minimum atomic E-state index is 0.0138. The number of nitrogens with one attached hydrogen (secondary N) is 2. The van der Waals surface area contributed by atoms with E-state index in [4.69, 9.17) is 4.98 Å². The fourth-order valence-electron chi connectivity index (χ4n) is 5.88. The van der Waals surface area contributed by atoms with Crippen LogP contribution in [0.25, 0.3) is 16.9 Å². The average Bonchev–Trinajstić information content (AvgIpc) is 3.65. The summed E-state index contributed by atoms with van der Waals surface area (Å²) in [5.74, 6) is 1.46. The number of aromatic nitrogens is 6. The standard InChI is InChI=1S/C28H37N9OS/c1-19-7-6-10-35(14-19)17-23-11-26(39-34-23)33-27-28-29-13-24(37(28)15-20(2)31-27)21-12-30-36(16-21)18-25(38)32-22-8-4-3-5-9-22/h11-13,15-16,19,22H,3-10,14,17-18H2,1-2H3,(H,31,33)(H,32,38). The number of piperidine rings is 1. The molecule has 4 aromatic rings. The molecule has 1 saturated carbocycles. The Morgan fingerprint density at radius 1 is 1.13 bits per heavy atom. The van der Waals surface area contributed by atoms with Crippen molar-refractivity contribution in [3.8, 4) is 11.3 Å². The molecular weight excluding hydrogens is 510 g/mol. The third kappa shape index (κ3) is 6.14. The first-order valence-electron chi connectivity index (χ1n) is 14.1. The van der Waals surface area contributed by atoms with Crippen LogP contribution in [-0.4, -0.2) is 58.5 Å². The molecule has 1 amide bonds. The molecule has 1 saturated heterocycles. The summed E-state index contributed by atoms with van der Waals surface area (Å²) in [6, 6.07) is 2.42. The Morgan fingerprint density at radius 2 is 2.00 bits per heavy atom. The van der Waals surface area contributed by atoms with Crippen LogP contribution in [0.5, 0.6) is 0 Å². The van der Waals surface area contributed by atoms with Crippen molar-refractivity contribution in [2.75, 3.05) is 18.4 Å². The zero-order valence-corrected chi connectivity index (χ0v) is 23.6. The molecule has 5 heterocycles. The van der Waals surface area contributed by atoms with Gasteiger partial charge in [0.2, 0.25) is 5.91 Å². The van der Waals surface area contributed by atoms with Crippen LogP contribution in [-0.2, 0) is 17.9 Å². The normalized spacial score (nSPS) is 19.0. The van der Waals surface area contributed by atoms with Gasteiger partial charge in [0.15, 0.2) is 11.5 Å².